The van der Waals surface area contributed by atoms with Crippen molar-refractivity contribution < 1.29 is 9.53 Å². The van der Waals surface area contributed by atoms with Gasteiger partial charge >= 0.3 is 0 Å². The molecule has 110 valence electrons. The van der Waals surface area contributed by atoms with Gasteiger partial charge in [0.25, 0.3) is 0 Å². The van der Waals surface area contributed by atoms with E-state index in [1.165, 1.54) is 0 Å². The highest BCUT2D eigenvalue weighted by Crippen LogP contribution is 2.17. The van der Waals surface area contributed by atoms with E-state index >= 15 is 0 Å². The van der Waals surface area contributed by atoms with Gasteiger partial charge in [0, 0.05) is 24.6 Å². The van der Waals surface area contributed by atoms with Gasteiger partial charge in [0.1, 0.15) is 5.75 Å². The van der Waals surface area contributed by atoms with Crippen molar-refractivity contribution in [3.63, 3.8) is 0 Å². The summed E-state index contributed by atoms with van der Waals surface area (Å²) in [7, 11) is 1.62. The van der Waals surface area contributed by atoms with Crippen molar-refractivity contribution in [3.05, 3.63) is 65.7 Å². The normalized spacial score (nSPS) is 11.7. The highest BCUT2D eigenvalue weighted by atomic mass is 16.5. The minimum Gasteiger partial charge on any atom is -0.496 e. The van der Waals surface area contributed by atoms with Gasteiger partial charge in [-0.15, -0.1) is 0 Å². The Hall–Kier alpha value is -2.33. The first-order chi connectivity index (χ1) is 10.2. The van der Waals surface area contributed by atoms with Crippen LogP contribution in [-0.2, 0) is 11.3 Å². The van der Waals surface area contributed by atoms with Crippen molar-refractivity contribution in [2.75, 3.05) is 7.11 Å². The average molecular weight is 284 g/mol. The molecule has 1 amide bonds. The number of rotatable bonds is 6. The molecule has 0 heterocycles. The molecule has 0 bridgehead atoms. The van der Waals surface area contributed by atoms with Crippen LogP contribution in [0.25, 0.3) is 0 Å². The molecular weight excluding hydrogens is 264 g/mol. The molecule has 2 aromatic rings. The molecule has 1 atom stereocenters. The van der Waals surface area contributed by atoms with Gasteiger partial charge in [-0.1, -0.05) is 48.5 Å². The van der Waals surface area contributed by atoms with Gasteiger partial charge in [-0.2, -0.15) is 0 Å². The number of carbonyl (C=O) groups is 1. The Balaban J connectivity index is 1.88. The highest BCUT2D eigenvalue weighted by Gasteiger charge is 2.11. The predicted octanol–water partition coefficient (Wildman–Crippen LogP) is 2.40. The third kappa shape index (κ3) is 4.33. The Morgan fingerprint density at radius 2 is 1.81 bits per heavy atom. The molecule has 0 fully saturated rings. The molecule has 0 aromatic heterocycles. The highest BCUT2D eigenvalue weighted by molar-refractivity contribution is 5.76. The molecule has 0 radical (unpaired) electrons. The van der Waals surface area contributed by atoms with Crippen LogP contribution in [0.2, 0.25) is 0 Å². The summed E-state index contributed by atoms with van der Waals surface area (Å²) in [5.74, 6) is 0.697. The van der Waals surface area contributed by atoms with Crippen molar-refractivity contribution in [2.24, 2.45) is 5.73 Å². The van der Waals surface area contributed by atoms with E-state index in [9.17, 15) is 4.79 Å². The maximum atomic E-state index is 12.0. The molecule has 21 heavy (non-hydrogen) atoms. The first-order valence-electron chi connectivity index (χ1n) is 6.90. The first-order valence-corrected chi connectivity index (χ1v) is 6.90. The van der Waals surface area contributed by atoms with Crippen LogP contribution in [0.3, 0.4) is 0 Å². The average Bonchev–Trinajstić information content (AvgIpc) is 2.54. The number of nitrogens with two attached hydrogens (primary N) is 1. The fourth-order valence-electron chi connectivity index (χ4n) is 2.13. The van der Waals surface area contributed by atoms with Gasteiger partial charge in [0.2, 0.25) is 5.91 Å². The van der Waals surface area contributed by atoms with Crippen molar-refractivity contribution in [1.29, 1.82) is 0 Å². The van der Waals surface area contributed by atoms with Gasteiger partial charge in [0.15, 0.2) is 0 Å². The van der Waals surface area contributed by atoms with E-state index < -0.39 is 0 Å². The number of ether oxygens (including phenoxy) is 1. The molecule has 3 N–H and O–H groups in total. The second-order valence-electron chi connectivity index (χ2n) is 4.81. The van der Waals surface area contributed by atoms with E-state index in [1.54, 1.807) is 7.11 Å². The van der Waals surface area contributed by atoms with Crippen LogP contribution in [0.5, 0.6) is 5.75 Å². The van der Waals surface area contributed by atoms with E-state index in [4.69, 9.17) is 10.5 Å². The van der Waals surface area contributed by atoms with Crippen molar-refractivity contribution in [1.82, 2.24) is 5.32 Å². The molecule has 0 aliphatic rings. The molecule has 0 aliphatic heterocycles. The van der Waals surface area contributed by atoms with E-state index in [1.807, 2.05) is 54.6 Å². The number of carbonyl (C=O) groups excluding carboxylic acids is 1. The SMILES string of the molecule is COc1ccccc1CNC(=O)CC(N)c1ccccc1. The summed E-state index contributed by atoms with van der Waals surface area (Å²) >= 11 is 0. The first kappa shape index (κ1) is 15.1. The fraction of sp³-hybridized carbons (Fsp3) is 0.235. The lowest BCUT2D eigenvalue weighted by molar-refractivity contribution is -0.121. The zero-order valence-corrected chi connectivity index (χ0v) is 12.1. The number of methoxy groups -OCH3 is 1. The lowest BCUT2D eigenvalue weighted by Crippen LogP contribution is -2.27. The Morgan fingerprint density at radius 3 is 2.52 bits per heavy atom. The van der Waals surface area contributed by atoms with Gasteiger partial charge < -0.3 is 15.8 Å². The number of benzene rings is 2. The summed E-state index contributed by atoms with van der Waals surface area (Å²) in [6.07, 6.45) is 0.263. The monoisotopic (exact) mass is 284 g/mol. The number of hydrogen-bond donors (Lipinski definition) is 2. The molecule has 2 aromatic carbocycles. The van der Waals surface area contributed by atoms with Crippen LogP contribution in [0, 0.1) is 0 Å². The van der Waals surface area contributed by atoms with Crippen LogP contribution in [0.1, 0.15) is 23.6 Å². The van der Waals surface area contributed by atoms with Gasteiger partial charge in [-0.05, 0) is 11.6 Å². The molecule has 2 rings (SSSR count). The Labute approximate surface area is 124 Å². The predicted molar refractivity (Wildman–Crippen MR) is 82.8 cm³/mol. The molecule has 4 nitrogen and oxygen atoms in total. The lowest BCUT2D eigenvalue weighted by atomic mass is 10.0. The molecular formula is C17H20N2O2. The van der Waals surface area contributed by atoms with E-state index in [-0.39, 0.29) is 18.4 Å². The van der Waals surface area contributed by atoms with Crippen LogP contribution < -0.4 is 15.8 Å². The summed E-state index contributed by atoms with van der Waals surface area (Å²) in [6, 6.07) is 16.9. The van der Waals surface area contributed by atoms with Gasteiger partial charge in [-0.25, -0.2) is 0 Å². The summed E-state index contributed by atoms with van der Waals surface area (Å²) in [4.78, 5) is 12.0. The summed E-state index contributed by atoms with van der Waals surface area (Å²) in [5.41, 5.74) is 7.94. The second kappa shape index (κ2) is 7.45. The lowest BCUT2D eigenvalue weighted by Gasteiger charge is -2.13. The van der Waals surface area contributed by atoms with Crippen LogP contribution >= 0.6 is 0 Å². The molecule has 1 unspecified atom stereocenters. The molecule has 4 heteroatoms. The van der Waals surface area contributed by atoms with Gasteiger partial charge in [0.05, 0.1) is 7.11 Å². The molecule has 0 spiro atoms. The van der Waals surface area contributed by atoms with Crippen LogP contribution in [0.15, 0.2) is 54.6 Å². The minimum absolute atomic E-state index is 0.0720. The summed E-state index contributed by atoms with van der Waals surface area (Å²) in [6.45, 7) is 0.435. The summed E-state index contributed by atoms with van der Waals surface area (Å²) in [5, 5.41) is 2.88. The fourth-order valence-corrected chi connectivity index (χ4v) is 2.13. The number of hydrogen-bond acceptors (Lipinski definition) is 3. The zero-order valence-electron chi connectivity index (χ0n) is 12.1. The number of amides is 1. The van der Waals surface area contributed by atoms with E-state index in [0.717, 1.165) is 16.9 Å². The topological polar surface area (TPSA) is 64.3 Å². The zero-order chi connectivity index (χ0) is 15.1. The van der Waals surface area contributed by atoms with Crippen molar-refractivity contribution >= 4 is 5.91 Å². The largest absolute Gasteiger partial charge is 0.496 e. The standard InChI is InChI=1S/C17H20N2O2/c1-21-16-10-6-5-9-14(16)12-19-17(20)11-15(18)13-7-3-2-4-8-13/h2-10,15H,11-12,18H2,1H3,(H,19,20). The Bertz CT molecular complexity index is 584. The molecule has 0 aliphatic carbocycles. The van der Waals surface area contributed by atoms with Crippen molar-refractivity contribution in [2.45, 2.75) is 19.0 Å². The maximum absolute atomic E-state index is 12.0. The third-order valence-corrected chi connectivity index (χ3v) is 3.30. The number of nitrogens with one attached hydrogen (secondary N) is 1. The molecule has 0 saturated carbocycles. The third-order valence-electron chi connectivity index (χ3n) is 3.30. The second-order valence-corrected chi connectivity index (χ2v) is 4.81. The smallest absolute Gasteiger partial charge is 0.222 e. The van der Waals surface area contributed by atoms with Crippen LogP contribution in [0.4, 0.5) is 0 Å². The van der Waals surface area contributed by atoms with Gasteiger partial charge in [-0.3, -0.25) is 4.79 Å². The quantitative estimate of drug-likeness (QED) is 0.856. The minimum atomic E-state index is -0.288. The summed E-state index contributed by atoms with van der Waals surface area (Å²) < 4.78 is 5.25. The molecule has 0 saturated heterocycles. The van der Waals surface area contributed by atoms with Crippen LogP contribution in [-0.4, -0.2) is 13.0 Å². The maximum Gasteiger partial charge on any atom is 0.222 e. The van der Waals surface area contributed by atoms with Crippen molar-refractivity contribution in [3.8, 4) is 5.75 Å². The Kier molecular flexibility index (Phi) is 5.35. The Morgan fingerprint density at radius 1 is 1.14 bits per heavy atom. The number of para-hydroxylation sites is 1. The van der Waals surface area contributed by atoms with E-state index in [2.05, 4.69) is 5.32 Å². The van der Waals surface area contributed by atoms with E-state index in [0.29, 0.717) is 6.54 Å².